The van der Waals surface area contributed by atoms with Gasteiger partial charge in [0.05, 0.1) is 17.3 Å². The number of hydrogen-bond donors (Lipinski definition) is 1. The average Bonchev–Trinajstić information content (AvgIpc) is 2.40. The quantitative estimate of drug-likeness (QED) is 0.840. The van der Waals surface area contributed by atoms with Crippen molar-refractivity contribution in [2.24, 2.45) is 23.2 Å². The average molecular weight is 274 g/mol. The maximum absolute atomic E-state index is 12.8. The molecule has 4 bridgehead atoms. The van der Waals surface area contributed by atoms with Crippen LogP contribution in [0.3, 0.4) is 0 Å². The number of nitrogens with zero attached hydrogens (tertiary/aromatic N) is 1. The first-order chi connectivity index (χ1) is 9.63. The minimum absolute atomic E-state index is 0.130. The van der Waals surface area contributed by atoms with E-state index in [0.29, 0.717) is 5.69 Å². The molecule has 1 heterocycles. The Hall–Kier alpha value is -1.45. The van der Waals surface area contributed by atoms with Gasteiger partial charge in [-0.3, -0.25) is 4.79 Å². The zero-order valence-electron chi connectivity index (χ0n) is 11.4. The van der Waals surface area contributed by atoms with Crippen LogP contribution in [0.5, 0.6) is 0 Å². The molecule has 4 heteroatoms. The Kier molecular flexibility index (Phi) is 2.63. The van der Waals surface area contributed by atoms with E-state index in [-0.39, 0.29) is 11.3 Å². The smallest absolute Gasteiger partial charge is 0.230 e. The molecular formula is C16H19FN2O. The molecule has 1 aromatic heterocycles. The van der Waals surface area contributed by atoms with Crippen molar-refractivity contribution in [1.29, 1.82) is 0 Å². The summed E-state index contributed by atoms with van der Waals surface area (Å²) in [4.78, 5) is 16.3. The van der Waals surface area contributed by atoms with E-state index in [1.807, 2.05) is 0 Å². The highest BCUT2D eigenvalue weighted by molar-refractivity contribution is 5.95. The van der Waals surface area contributed by atoms with Crippen molar-refractivity contribution in [2.75, 3.05) is 5.32 Å². The summed E-state index contributed by atoms with van der Waals surface area (Å²) in [7, 11) is 0. The second-order valence-electron chi connectivity index (χ2n) is 7.02. The van der Waals surface area contributed by atoms with Crippen molar-refractivity contribution in [3.63, 3.8) is 0 Å². The van der Waals surface area contributed by atoms with Crippen LogP contribution in [0.4, 0.5) is 10.1 Å². The van der Waals surface area contributed by atoms with Gasteiger partial charge in [0, 0.05) is 0 Å². The van der Waals surface area contributed by atoms with Crippen molar-refractivity contribution in [2.45, 2.75) is 38.5 Å². The van der Waals surface area contributed by atoms with Crippen LogP contribution < -0.4 is 5.32 Å². The summed E-state index contributed by atoms with van der Waals surface area (Å²) in [5.74, 6) is 1.86. The number of carbonyl (C=O) groups is 1. The first-order valence-electron chi connectivity index (χ1n) is 7.56. The van der Waals surface area contributed by atoms with Crippen LogP contribution in [-0.2, 0) is 4.79 Å². The maximum Gasteiger partial charge on any atom is 0.230 e. The summed E-state index contributed by atoms with van der Waals surface area (Å²) in [6.45, 7) is 0. The lowest BCUT2D eigenvalue weighted by atomic mass is 9.49. The van der Waals surface area contributed by atoms with Gasteiger partial charge < -0.3 is 5.32 Å². The topological polar surface area (TPSA) is 42.0 Å². The fraction of sp³-hybridized carbons (Fsp3) is 0.625. The summed E-state index contributed by atoms with van der Waals surface area (Å²) in [6.07, 6.45) is 8.49. The number of anilines is 1. The van der Waals surface area contributed by atoms with Gasteiger partial charge in [-0.25, -0.2) is 4.98 Å². The molecular weight excluding hydrogens is 255 g/mol. The molecule has 0 unspecified atom stereocenters. The van der Waals surface area contributed by atoms with E-state index >= 15 is 0 Å². The van der Waals surface area contributed by atoms with Crippen LogP contribution in [0.1, 0.15) is 38.5 Å². The number of aromatic nitrogens is 1. The van der Waals surface area contributed by atoms with Gasteiger partial charge in [0.2, 0.25) is 11.9 Å². The van der Waals surface area contributed by atoms with Gasteiger partial charge >= 0.3 is 0 Å². The number of nitrogens with one attached hydrogen (secondary N) is 1. The molecule has 1 aromatic rings. The van der Waals surface area contributed by atoms with Crippen LogP contribution in [0, 0.1) is 29.1 Å². The molecule has 4 aliphatic carbocycles. The molecule has 1 amide bonds. The Morgan fingerprint density at radius 3 is 2.25 bits per heavy atom. The zero-order chi connectivity index (χ0) is 13.7. The lowest BCUT2D eigenvalue weighted by molar-refractivity contribution is -0.140. The second-order valence-corrected chi connectivity index (χ2v) is 7.02. The minimum Gasteiger partial charge on any atom is -0.324 e. The summed E-state index contributed by atoms with van der Waals surface area (Å²) in [5.41, 5.74) is 0.440. The van der Waals surface area contributed by atoms with Crippen LogP contribution in [0.15, 0.2) is 18.3 Å². The number of halogens is 1. The van der Waals surface area contributed by atoms with E-state index in [0.717, 1.165) is 37.0 Å². The highest BCUT2D eigenvalue weighted by atomic mass is 19.1. The number of amides is 1. The molecule has 0 radical (unpaired) electrons. The molecule has 0 aliphatic heterocycles. The van der Waals surface area contributed by atoms with Gasteiger partial charge in [-0.05, 0) is 68.4 Å². The van der Waals surface area contributed by atoms with Crippen LogP contribution >= 0.6 is 0 Å². The van der Waals surface area contributed by atoms with Crippen LogP contribution in [0.25, 0.3) is 0 Å². The molecule has 20 heavy (non-hydrogen) atoms. The van der Waals surface area contributed by atoms with E-state index < -0.39 is 5.95 Å². The van der Waals surface area contributed by atoms with Crippen molar-refractivity contribution < 1.29 is 9.18 Å². The molecule has 0 aromatic carbocycles. The van der Waals surface area contributed by atoms with Gasteiger partial charge in [0.1, 0.15) is 0 Å². The zero-order valence-corrected chi connectivity index (χ0v) is 11.4. The van der Waals surface area contributed by atoms with Gasteiger partial charge in [-0.1, -0.05) is 0 Å². The molecule has 106 valence electrons. The van der Waals surface area contributed by atoms with Gasteiger partial charge in [0.15, 0.2) is 0 Å². The van der Waals surface area contributed by atoms with Crippen molar-refractivity contribution in [1.82, 2.24) is 4.98 Å². The second kappa shape index (κ2) is 4.27. The van der Waals surface area contributed by atoms with E-state index in [1.165, 1.54) is 31.5 Å². The fourth-order valence-electron chi connectivity index (χ4n) is 5.10. The lowest BCUT2D eigenvalue weighted by Crippen LogP contribution is -2.51. The molecule has 1 N–H and O–H groups in total. The monoisotopic (exact) mass is 274 g/mol. The summed E-state index contributed by atoms with van der Waals surface area (Å²) in [6, 6.07) is 2.87. The van der Waals surface area contributed by atoms with Crippen LogP contribution in [0.2, 0.25) is 0 Å². The van der Waals surface area contributed by atoms with Crippen molar-refractivity contribution in [3.8, 4) is 0 Å². The molecule has 5 rings (SSSR count). The third-order valence-electron chi connectivity index (χ3n) is 5.51. The SMILES string of the molecule is O=C(Nc1ccc(F)nc1)C12CC3CC(CC(C3)C1)C2. The van der Waals surface area contributed by atoms with E-state index in [1.54, 1.807) is 6.07 Å². The van der Waals surface area contributed by atoms with Crippen LogP contribution in [-0.4, -0.2) is 10.9 Å². The third-order valence-corrected chi connectivity index (χ3v) is 5.51. The number of hydrogen-bond acceptors (Lipinski definition) is 2. The number of rotatable bonds is 2. The maximum atomic E-state index is 12.8. The Balaban J connectivity index is 1.54. The lowest BCUT2D eigenvalue weighted by Gasteiger charge is -2.55. The number of pyridine rings is 1. The highest BCUT2D eigenvalue weighted by Crippen LogP contribution is 2.60. The fourth-order valence-corrected chi connectivity index (χ4v) is 5.10. The molecule has 4 aliphatic rings. The molecule has 0 atom stereocenters. The first kappa shape index (κ1) is 12.3. The molecule has 4 fully saturated rings. The predicted molar refractivity (Wildman–Crippen MR) is 73.4 cm³/mol. The highest BCUT2D eigenvalue weighted by Gasteiger charge is 2.54. The summed E-state index contributed by atoms with van der Waals surface area (Å²) < 4.78 is 12.8. The molecule has 0 saturated heterocycles. The van der Waals surface area contributed by atoms with E-state index in [9.17, 15) is 9.18 Å². The van der Waals surface area contributed by atoms with Crippen molar-refractivity contribution in [3.05, 3.63) is 24.3 Å². The minimum atomic E-state index is -0.516. The van der Waals surface area contributed by atoms with Crippen molar-refractivity contribution >= 4 is 11.6 Å². The van der Waals surface area contributed by atoms with Gasteiger partial charge in [0.25, 0.3) is 0 Å². The largest absolute Gasteiger partial charge is 0.324 e. The third kappa shape index (κ3) is 1.93. The standard InChI is InChI=1S/C16H19FN2O/c17-14-2-1-13(9-18-14)19-15(20)16-6-10-3-11(7-16)5-12(4-10)8-16/h1-2,9-12H,3-8H2,(H,19,20). The summed E-state index contributed by atoms with van der Waals surface area (Å²) >= 11 is 0. The number of carbonyl (C=O) groups excluding carboxylic acids is 1. The molecule has 4 saturated carbocycles. The Morgan fingerprint density at radius 1 is 1.15 bits per heavy atom. The Morgan fingerprint density at radius 2 is 1.75 bits per heavy atom. The predicted octanol–water partition coefficient (Wildman–Crippen LogP) is 3.38. The van der Waals surface area contributed by atoms with E-state index in [2.05, 4.69) is 10.3 Å². The first-order valence-corrected chi connectivity index (χ1v) is 7.56. The summed E-state index contributed by atoms with van der Waals surface area (Å²) in [5, 5.41) is 2.96. The molecule has 0 spiro atoms. The Bertz CT molecular complexity index is 505. The van der Waals surface area contributed by atoms with Gasteiger partial charge in [-0.2, -0.15) is 4.39 Å². The van der Waals surface area contributed by atoms with Gasteiger partial charge in [-0.15, -0.1) is 0 Å². The normalized spacial score (nSPS) is 38.0. The molecule has 3 nitrogen and oxygen atoms in total. The van der Waals surface area contributed by atoms with E-state index in [4.69, 9.17) is 0 Å². The Labute approximate surface area is 118 Å².